The van der Waals surface area contributed by atoms with Gasteiger partial charge >= 0.3 is 0 Å². The van der Waals surface area contributed by atoms with Gasteiger partial charge in [-0.15, -0.1) is 0 Å². The minimum atomic E-state index is 0.162. The fourth-order valence-electron chi connectivity index (χ4n) is 2.65. The lowest BCUT2D eigenvalue weighted by Crippen LogP contribution is -2.38. The largest absolute Gasteiger partial charge is 0.338 e. The molecule has 1 amide bonds. The van der Waals surface area contributed by atoms with E-state index in [2.05, 4.69) is 11.3 Å². The van der Waals surface area contributed by atoms with Crippen molar-refractivity contribution >= 4 is 17.2 Å². The number of hydrogen-bond acceptors (Lipinski definition) is 3. The van der Waals surface area contributed by atoms with Gasteiger partial charge in [0, 0.05) is 37.6 Å². The Morgan fingerprint density at radius 3 is 3.11 bits per heavy atom. The van der Waals surface area contributed by atoms with E-state index in [9.17, 15) is 4.79 Å². The lowest BCUT2D eigenvalue weighted by Gasteiger charge is -2.32. The van der Waals surface area contributed by atoms with Gasteiger partial charge in [-0.1, -0.05) is 0 Å². The normalized spacial score (nSPS) is 19.6. The van der Waals surface area contributed by atoms with Crippen LogP contribution in [-0.4, -0.2) is 33.7 Å². The van der Waals surface area contributed by atoms with Crippen LogP contribution < -0.4 is 0 Å². The second-order valence-corrected chi connectivity index (χ2v) is 5.83. The van der Waals surface area contributed by atoms with Gasteiger partial charge in [-0.2, -0.15) is 16.4 Å². The Kier molecular flexibility index (Phi) is 3.38. The molecule has 0 aromatic carbocycles. The van der Waals surface area contributed by atoms with Gasteiger partial charge in [-0.05, 0) is 29.9 Å². The van der Waals surface area contributed by atoms with E-state index >= 15 is 0 Å². The standard InChI is InChI=1S/C14H17N3OS/c1-16-8-13(7-15-16)11-3-2-5-17(9-11)14(18)12-4-6-19-10-12/h4,6-8,10-11H,2-3,5,9H2,1H3. The van der Waals surface area contributed by atoms with E-state index in [4.69, 9.17) is 0 Å². The van der Waals surface area contributed by atoms with Crippen LogP contribution >= 0.6 is 11.3 Å². The summed E-state index contributed by atoms with van der Waals surface area (Å²) in [5.41, 5.74) is 2.06. The number of aryl methyl sites for hydroxylation is 1. The predicted molar refractivity (Wildman–Crippen MR) is 75.4 cm³/mol. The minimum Gasteiger partial charge on any atom is -0.338 e. The first-order chi connectivity index (χ1) is 9.24. The van der Waals surface area contributed by atoms with Crippen LogP contribution in [-0.2, 0) is 7.05 Å². The number of thiophene rings is 1. The molecule has 1 fully saturated rings. The second kappa shape index (κ2) is 5.17. The molecule has 1 unspecified atom stereocenters. The zero-order chi connectivity index (χ0) is 13.2. The maximum Gasteiger partial charge on any atom is 0.254 e. The third kappa shape index (κ3) is 2.56. The first-order valence-corrected chi connectivity index (χ1v) is 7.48. The molecule has 0 spiro atoms. The van der Waals surface area contributed by atoms with Crippen LogP contribution in [0.25, 0.3) is 0 Å². The summed E-state index contributed by atoms with van der Waals surface area (Å²) in [7, 11) is 1.93. The highest BCUT2D eigenvalue weighted by Crippen LogP contribution is 2.27. The number of carbonyl (C=O) groups is 1. The SMILES string of the molecule is Cn1cc(C2CCCN(C(=O)c3ccsc3)C2)cn1. The van der Waals surface area contributed by atoms with Crippen molar-refractivity contribution in [2.75, 3.05) is 13.1 Å². The summed E-state index contributed by atoms with van der Waals surface area (Å²) in [6.07, 6.45) is 6.18. The summed E-state index contributed by atoms with van der Waals surface area (Å²) in [6.45, 7) is 1.67. The molecule has 2 aromatic heterocycles. The van der Waals surface area contributed by atoms with Crippen LogP contribution in [0.3, 0.4) is 0 Å². The van der Waals surface area contributed by atoms with Gasteiger partial charge in [-0.25, -0.2) is 0 Å². The number of nitrogens with zero attached hydrogens (tertiary/aromatic N) is 3. The summed E-state index contributed by atoms with van der Waals surface area (Å²) >= 11 is 1.57. The molecule has 1 aliphatic heterocycles. The van der Waals surface area contributed by atoms with Crippen LogP contribution in [0.2, 0.25) is 0 Å². The van der Waals surface area contributed by atoms with Crippen molar-refractivity contribution in [3.05, 3.63) is 40.3 Å². The number of carbonyl (C=O) groups excluding carboxylic acids is 1. The lowest BCUT2D eigenvalue weighted by molar-refractivity contribution is 0.0707. The molecule has 3 heterocycles. The molecule has 3 rings (SSSR count). The van der Waals surface area contributed by atoms with Crippen molar-refractivity contribution in [3.8, 4) is 0 Å². The molecule has 5 heteroatoms. The highest BCUT2D eigenvalue weighted by atomic mass is 32.1. The number of amides is 1. The molecule has 2 aromatic rings. The molecule has 1 saturated heterocycles. The van der Waals surface area contributed by atoms with Gasteiger partial charge in [0.1, 0.15) is 0 Å². The van der Waals surface area contributed by atoms with Crippen LogP contribution in [0.1, 0.15) is 34.7 Å². The summed E-state index contributed by atoms with van der Waals surface area (Å²) in [5, 5.41) is 8.11. The molecular formula is C14H17N3OS. The average molecular weight is 275 g/mol. The van der Waals surface area contributed by atoms with E-state index in [0.717, 1.165) is 31.5 Å². The Morgan fingerprint density at radius 2 is 2.42 bits per heavy atom. The zero-order valence-electron chi connectivity index (χ0n) is 11.0. The first kappa shape index (κ1) is 12.4. The van der Waals surface area contributed by atoms with Gasteiger partial charge in [0.25, 0.3) is 5.91 Å². The van der Waals surface area contributed by atoms with E-state index in [0.29, 0.717) is 5.92 Å². The maximum absolute atomic E-state index is 12.4. The summed E-state index contributed by atoms with van der Waals surface area (Å²) in [4.78, 5) is 14.3. The fraction of sp³-hybridized carbons (Fsp3) is 0.429. The molecule has 0 radical (unpaired) electrons. The number of aromatic nitrogens is 2. The van der Waals surface area contributed by atoms with Crippen LogP contribution in [0, 0.1) is 0 Å². The second-order valence-electron chi connectivity index (χ2n) is 5.05. The van der Waals surface area contributed by atoms with E-state index in [-0.39, 0.29) is 5.91 Å². The minimum absolute atomic E-state index is 0.162. The van der Waals surface area contributed by atoms with Gasteiger partial charge in [-0.3, -0.25) is 9.48 Å². The Morgan fingerprint density at radius 1 is 1.53 bits per heavy atom. The Hall–Kier alpha value is -1.62. The topological polar surface area (TPSA) is 38.1 Å². The van der Waals surface area contributed by atoms with E-state index < -0.39 is 0 Å². The average Bonchev–Trinajstić information content (AvgIpc) is 3.09. The first-order valence-electron chi connectivity index (χ1n) is 6.54. The number of piperidine rings is 1. The van der Waals surface area contributed by atoms with Crippen LogP contribution in [0.4, 0.5) is 0 Å². The monoisotopic (exact) mass is 275 g/mol. The maximum atomic E-state index is 12.4. The lowest BCUT2D eigenvalue weighted by atomic mass is 9.92. The third-order valence-electron chi connectivity index (χ3n) is 3.67. The molecule has 19 heavy (non-hydrogen) atoms. The highest BCUT2D eigenvalue weighted by molar-refractivity contribution is 7.08. The van der Waals surface area contributed by atoms with Crippen molar-refractivity contribution in [1.82, 2.24) is 14.7 Å². The molecule has 1 atom stereocenters. The van der Waals surface area contributed by atoms with Gasteiger partial charge in [0.15, 0.2) is 0 Å². The number of rotatable bonds is 2. The van der Waals surface area contributed by atoms with E-state index in [1.54, 1.807) is 11.3 Å². The Bertz CT molecular complexity index is 561. The third-order valence-corrected chi connectivity index (χ3v) is 4.36. The molecule has 0 N–H and O–H groups in total. The van der Waals surface area contributed by atoms with Gasteiger partial charge in [0.05, 0.1) is 11.8 Å². The van der Waals surface area contributed by atoms with Crippen molar-refractivity contribution in [2.24, 2.45) is 7.05 Å². The Balaban J connectivity index is 1.73. The van der Waals surface area contributed by atoms with Crippen LogP contribution in [0.15, 0.2) is 29.2 Å². The summed E-state index contributed by atoms with van der Waals surface area (Å²) < 4.78 is 1.83. The van der Waals surface area contributed by atoms with Crippen LogP contribution in [0.5, 0.6) is 0 Å². The molecule has 0 bridgehead atoms. The van der Waals surface area contributed by atoms with Crippen molar-refractivity contribution in [2.45, 2.75) is 18.8 Å². The predicted octanol–water partition coefficient (Wildman–Crippen LogP) is 2.50. The zero-order valence-corrected chi connectivity index (χ0v) is 11.8. The van der Waals surface area contributed by atoms with Crippen molar-refractivity contribution < 1.29 is 4.79 Å². The van der Waals surface area contributed by atoms with Gasteiger partial charge in [0.2, 0.25) is 0 Å². The molecule has 100 valence electrons. The fourth-order valence-corrected chi connectivity index (χ4v) is 3.28. The summed E-state index contributed by atoms with van der Waals surface area (Å²) in [6, 6.07) is 1.90. The smallest absolute Gasteiger partial charge is 0.254 e. The molecule has 1 aliphatic rings. The quantitative estimate of drug-likeness (QED) is 0.844. The van der Waals surface area contributed by atoms with Crippen molar-refractivity contribution in [1.29, 1.82) is 0 Å². The highest BCUT2D eigenvalue weighted by Gasteiger charge is 2.26. The van der Waals surface area contributed by atoms with E-state index in [1.165, 1.54) is 5.56 Å². The molecule has 0 saturated carbocycles. The Labute approximate surface area is 116 Å². The van der Waals surface area contributed by atoms with E-state index in [1.807, 2.05) is 39.7 Å². The summed E-state index contributed by atoms with van der Waals surface area (Å²) in [5.74, 6) is 0.583. The van der Waals surface area contributed by atoms with Gasteiger partial charge < -0.3 is 4.90 Å². The van der Waals surface area contributed by atoms with Crippen molar-refractivity contribution in [3.63, 3.8) is 0 Å². The number of likely N-dealkylation sites (tertiary alicyclic amines) is 1. The molecular weight excluding hydrogens is 258 g/mol. The number of hydrogen-bond donors (Lipinski definition) is 0. The molecule has 0 aliphatic carbocycles. The molecule has 4 nitrogen and oxygen atoms in total.